The van der Waals surface area contributed by atoms with Gasteiger partial charge >= 0.3 is 6.03 Å². The molecule has 0 bridgehead atoms. The van der Waals surface area contributed by atoms with Crippen molar-refractivity contribution in [1.82, 2.24) is 9.91 Å². The van der Waals surface area contributed by atoms with Crippen molar-refractivity contribution in [1.29, 1.82) is 0 Å². The van der Waals surface area contributed by atoms with Crippen molar-refractivity contribution in [3.63, 3.8) is 0 Å². The van der Waals surface area contributed by atoms with Gasteiger partial charge in [0.15, 0.2) is 12.5 Å². The third-order valence-corrected chi connectivity index (χ3v) is 6.03. The number of hydrogen-bond acceptors (Lipinski definition) is 15. The minimum Gasteiger partial charge on any atom is -0.394 e. The number of ether oxygens (including phenoxy) is 4. The van der Waals surface area contributed by atoms with E-state index in [9.17, 15) is 45.4 Å². The molecule has 10 atom stereocenters. The molecule has 0 aromatic carbocycles. The number of carbonyl (C=O) groups is 1. The van der Waals surface area contributed by atoms with Crippen molar-refractivity contribution < 1.29 is 64.6 Å². The lowest BCUT2D eigenvalue weighted by Gasteiger charge is -2.48. The van der Waals surface area contributed by atoms with Gasteiger partial charge in [0.25, 0.3) is 0 Å². The average Bonchev–Trinajstić information content (AvgIpc) is 2.90. The molecule has 0 aliphatic carbocycles. The van der Waals surface area contributed by atoms with E-state index in [2.05, 4.69) is 5.29 Å². The van der Waals surface area contributed by atoms with Gasteiger partial charge in [0.05, 0.1) is 44.9 Å². The van der Waals surface area contributed by atoms with Crippen LogP contribution in [0, 0.1) is 4.91 Å². The predicted octanol–water partition coefficient (Wildman–Crippen LogP) is -4.74. The fourth-order valence-corrected chi connectivity index (χ4v) is 4.05. The topological polar surface area (TPSA) is 252 Å². The highest BCUT2D eigenvalue weighted by atomic mass is 35.5. The summed E-state index contributed by atoms with van der Waals surface area (Å²) in [5.74, 6) is -0.155. The number of nitrogens with zero attached hydrogens (tertiary/aromatic N) is 3. The van der Waals surface area contributed by atoms with E-state index in [1.807, 2.05) is 0 Å². The van der Waals surface area contributed by atoms with Crippen molar-refractivity contribution in [3.8, 4) is 0 Å². The molecular formula is C19H34ClN3O14. The van der Waals surface area contributed by atoms with Gasteiger partial charge in [-0.15, -0.1) is 16.5 Å². The van der Waals surface area contributed by atoms with Gasteiger partial charge in [-0.25, -0.2) is 4.79 Å². The van der Waals surface area contributed by atoms with Crippen LogP contribution in [-0.2, 0) is 18.9 Å². The summed E-state index contributed by atoms with van der Waals surface area (Å²) in [5, 5.41) is 82.9. The number of amides is 2. The van der Waals surface area contributed by atoms with Crippen molar-refractivity contribution in [2.24, 2.45) is 5.29 Å². The number of rotatable bonds is 13. The first-order valence-electron chi connectivity index (χ1n) is 11.4. The second kappa shape index (κ2) is 15.3. The maximum Gasteiger partial charge on any atom is 0.345 e. The first-order valence-corrected chi connectivity index (χ1v) is 11.9. The van der Waals surface area contributed by atoms with Crippen LogP contribution in [0.15, 0.2) is 5.29 Å². The van der Waals surface area contributed by atoms with Crippen LogP contribution in [-0.4, -0.2) is 170 Å². The highest BCUT2D eigenvalue weighted by molar-refractivity contribution is 6.18. The molecule has 2 aliphatic rings. The molecular weight excluding hydrogens is 530 g/mol. The Morgan fingerprint density at radius 2 is 1.54 bits per heavy atom. The largest absolute Gasteiger partial charge is 0.394 e. The quantitative estimate of drug-likeness (QED) is 0.0453. The Labute approximate surface area is 216 Å². The van der Waals surface area contributed by atoms with Gasteiger partial charge in [-0.1, -0.05) is 0 Å². The lowest BCUT2D eigenvalue weighted by Crippen LogP contribution is -2.67. The Morgan fingerprint density at radius 3 is 2.11 bits per heavy atom. The van der Waals surface area contributed by atoms with E-state index in [0.717, 1.165) is 4.90 Å². The molecule has 0 saturated carbocycles. The number of aliphatic hydroxyl groups is 8. The van der Waals surface area contributed by atoms with Gasteiger partial charge in [-0.2, -0.15) is 5.01 Å². The van der Waals surface area contributed by atoms with Crippen LogP contribution < -0.4 is 0 Å². The van der Waals surface area contributed by atoms with Crippen molar-refractivity contribution in [2.45, 2.75) is 61.3 Å². The molecule has 216 valence electrons. The standard InChI is InChI=1S/C19H34ClN3O14/c20-1-2-23(21-33)19(32)22(3-5-34-6-4-24)17-14(30)13(29)16(10(8-26)35-17)37-18-15(31)12(28)11(27)9(7-25)36-18/h9-18,24-31H,1-8H2/t9-,10-,11-,12+,13-,14-,15-,16-,17?,18-/m1/s1. The summed E-state index contributed by atoms with van der Waals surface area (Å²) < 4.78 is 21.5. The van der Waals surface area contributed by atoms with Gasteiger partial charge in [-0.05, 0) is 0 Å². The summed E-state index contributed by atoms with van der Waals surface area (Å²) in [6.07, 6.45) is -16.9. The predicted molar refractivity (Wildman–Crippen MR) is 120 cm³/mol. The fourth-order valence-electron chi connectivity index (χ4n) is 3.89. The zero-order valence-electron chi connectivity index (χ0n) is 19.7. The molecule has 2 saturated heterocycles. The maximum absolute atomic E-state index is 13.0. The minimum absolute atomic E-state index is 0.0790. The van der Waals surface area contributed by atoms with Gasteiger partial charge in [0.2, 0.25) is 0 Å². The molecule has 0 spiro atoms. The average molecular weight is 564 g/mol. The summed E-state index contributed by atoms with van der Waals surface area (Å²) in [7, 11) is 0. The summed E-state index contributed by atoms with van der Waals surface area (Å²) >= 11 is 5.60. The van der Waals surface area contributed by atoms with E-state index in [-0.39, 0.29) is 38.8 Å². The number of carbonyl (C=O) groups excluding carboxylic acids is 1. The Balaban J connectivity index is 2.25. The van der Waals surface area contributed by atoms with E-state index in [1.54, 1.807) is 0 Å². The number of hydrogen-bond donors (Lipinski definition) is 8. The number of nitroso groups, excluding NO2 is 1. The molecule has 0 radical (unpaired) electrons. The van der Waals surface area contributed by atoms with Crippen molar-refractivity contribution >= 4 is 17.6 Å². The van der Waals surface area contributed by atoms with Crippen LogP contribution in [0.4, 0.5) is 4.79 Å². The third-order valence-electron chi connectivity index (χ3n) is 5.86. The van der Waals surface area contributed by atoms with E-state index < -0.39 is 80.6 Å². The fraction of sp³-hybridized carbons (Fsp3) is 0.947. The third kappa shape index (κ3) is 7.63. The summed E-state index contributed by atoms with van der Waals surface area (Å²) in [6.45, 7) is -2.76. The zero-order chi connectivity index (χ0) is 27.7. The molecule has 8 N–H and O–H groups in total. The molecule has 2 aliphatic heterocycles. The minimum atomic E-state index is -1.91. The van der Waals surface area contributed by atoms with E-state index in [0.29, 0.717) is 5.01 Å². The molecule has 1 unspecified atom stereocenters. The van der Waals surface area contributed by atoms with E-state index in [4.69, 9.17) is 35.7 Å². The van der Waals surface area contributed by atoms with Gasteiger partial charge < -0.3 is 59.8 Å². The second-order valence-corrected chi connectivity index (χ2v) is 8.61. The Hall–Kier alpha value is -1.32. The first kappa shape index (κ1) is 31.9. The van der Waals surface area contributed by atoms with Crippen LogP contribution in [0.3, 0.4) is 0 Å². The van der Waals surface area contributed by atoms with Gasteiger partial charge in [0, 0.05) is 12.4 Å². The zero-order valence-corrected chi connectivity index (χ0v) is 20.4. The van der Waals surface area contributed by atoms with Crippen LogP contribution in [0.25, 0.3) is 0 Å². The smallest absolute Gasteiger partial charge is 0.345 e. The van der Waals surface area contributed by atoms with E-state index >= 15 is 0 Å². The highest BCUT2D eigenvalue weighted by Crippen LogP contribution is 2.30. The highest BCUT2D eigenvalue weighted by Gasteiger charge is 2.52. The number of alkyl halides is 1. The summed E-state index contributed by atoms with van der Waals surface area (Å²) in [6, 6.07) is -1.07. The van der Waals surface area contributed by atoms with Crippen molar-refractivity contribution in [3.05, 3.63) is 4.91 Å². The molecule has 2 rings (SSSR count). The SMILES string of the molecule is O=NN(CCCl)C(=O)N(CCOCCO)C1O[C@H](CO)[C@@H](O[C@H]2O[C@H](CO)[C@@H](O)[C@H](O)[C@H]2O)[C@H](O)[C@H]1O. The van der Waals surface area contributed by atoms with Crippen LogP contribution in [0.2, 0.25) is 0 Å². The lowest BCUT2D eigenvalue weighted by molar-refractivity contribution is -0.347. The molecule has 17 nitrogen and oxygen atoms in total. The van der Waals surface area contributed by atoms with Crippen LogP contribution in [0.1, 0.15) is 0 Å². The molecule has 0 aromatic heterocycles. The Bertz CT molecular complexity index is 709. The first-order chi connectivity index (χ1) is 17.7. The molecule has 18 heteroatoms. The molecule has 2 heterocycles. The number of halogens is 1. The molecule has 2 fully saturated rings. The molecule has 2 amide bonds. The lowest BCUT2D eigenvalue weighted by atomic mass is 9.96. The molecule has 0 aromatic rings. The number of urea groups is 1. The van der Waals surface area contributed by atoms with E-state index in [1.165, 1.54) is 0 Å². The van der Waals surface area contributed by atoms with Crippen LogP contribution >= 0.6 is 11.6 Å². The second-order valence-electron chi connectivity index (χ2n) is 8.23. The maximum atomic E-state index is 13.0. The van der Waals surface area contributed by atoms with Crippen LogP contribution in [0.5, 0.6) is 0 Å². The summed E-state index contributed by atoms with van der Waals surface area (Å²) in [5.41, 5.74) is 0. The Morgan fingerprint density at radius 1 is 0.865 bits per heavy atom. The van der Waals surface area contributed by atoms with Crippen molar-refractivity contribution in [2.75, 3.05) is 52.0 Å². The monoisotopic (exact) mass is 563 g/mol. The van der Waals surface area contributed by atoms with Gasteiger partial charge in [-0.3, -0.25) is 4.90 Å². The van der Waals surface area contributed by atoms with Gasteiger partial charge in [0.1, 0.15) is 48.8 Å². The normalized spacial score (nSPS) is 36.2. The molecule has 37 heavy (non-hydrogen) atoms. The number of aliphatic hydroxyl groups excluding tert-OH is 8. The Kier molecular flexibility index (Phi) is 13.2. The summed E-state index contributed by atoms with van der Waals surface area (Å²) in [4.78, 5) is 24.9.